The molecule has 2 unspecified atom stereocenters. The van der Waals surface area contributed by atoms with Gasteiger partial charge in [-0.25, -0.2) is 8.42 Å². The number of nitrogens with one attached hydrogen (secondary N) is 2. The molecule has 3 aliphatic rings. The highest BCUT2D eigenvalue weighted by Crippen LogP contribution is 2.20. The third-order valence-corrected chi connectivity index (χ3v) is 7.58. The van der Waals surface area contributed by atoms with Crippen molar-refractivity contribution in [2.75, 3.05) is 31.6 Å². The molecule has 3 rings (SSSR count). The van der Waals surface area contributed by atoms with Gasteiger partial charge in [-0.05, 0) is 31.6 Å². The van der Waals surface area contributed by atoms with E-state index in [0.717, 1.165) is 25.2 Å². The Morgan fingerprint density at radius 3 is 2.44 bits per heavy atom. The van der Waals surface area contributed by atoms with E-state index in [2.05, 4.69) is 10.6 Å². The molecular weight excluding hydrogens is 479 g/mol. The van der Waals surface area contributed by atoms with Crippen molar-refractivity contribution < 1.29 is 13.2 Å². The molecule has 1 saturated carbocycles. The van der Waals surface area contributed by atoms with Gasteiger partial charge in [-0.3, -0.25) is 9.79 Å². The summed E-state index contributed by atoms with van der Waals surface area (Å²) in [6.07, 6.45) is 8.18. The number of rotatable bonds is 4. The first-order chi connectivity index (χ1) is 12.4. The first kappa shape index (κ1) is 22.7. The summed E-state index contributed by atoms with van der Waals surface area (Å²) in [5, 5.41) is 7.05. The maximum atomic E-state index is 11.7. The average molecular weight is 512 g/mol. The zero-order chi connectivity index (χ0) is 18.6. The molecule has 2 heterocycles. The van der Waals surface area contributed by atoms with Gasteiger partial charge in [0.2, 0.25) is 5.91 Å². The Balaban J connectivity index is 0.00000261. The van der Waals surface area contributed by atoms with E-state index in [1.54, 1.807) is 4.90 Å². The summed E-state index contributed by atoms with van der Waals surface area (Å²) in [6.45, 7) is 1.23. The highest BCUT2D eigenvalue weighted by atomic mass is 127. The number of carbonyl (C=O) groups excluding carboxylic acids is 1. The summed E-state index contributed by atoms with van der Waals surface area (Å²) < 4.78 is 23.3. The maximum Gasteiger partial charge on any atom is 0.222 e. The van der Waals surface area contributed by atoms with Crippen molar-refractivity contribution in [1.29, 1.82) is 0 Å². The molecule has 0 spiro atoms. The lowest BCUT2D eigenvalue weighted by Crippen LogP contribution is -2.53. The van der Waals surface area contributed by atoms with Crippen molar-refractivity contribution in [2.24, 2.45) is 10.9 Å². The molecule has 0 aromatic rings. The van der Waals surface area contributed by atoms with Crippen LogP contribution in [0.2, 0.25) is 0 Å². The standard InChI is InChI=1S/C18H32N4O3S.HI/c1-22-12-16(7-8-17(22)23)21-18(20-15-5-3-2-4-6-15)19-11-14-9-10-26(24,25)13-14;/h14-16H,2-13H2,1H3,(H2,19,20,21);1H. The zero-order valence-corrected chi connectivity index (χ0v) is 19.3. The smallest absolute Gasteiger partial charge is 0.222 e. The number of guanidine groups is 1. The number of carbonyl (C=O) groups is 1. The molecule has 1 amide bonds. The van der Waals surface area contributed by atoms with Crippen LogP contribution in [0, 0.1) is 5.92 Å². The molecule has 3 fully saturated rings. The van der Waals surface area contributed by atoms with Crippen LogP contribution in [0.1, 0.15) is 51.4 Å². The third-order valence-electron chi connectivity index (χ3n) is 5.75. The van der Waals surface area contributed by atoms with Gasteiger partial charge >= 0.3 is 0 Å². The summed E-state index contributed by atoms with van der Waals surface area (Å²) in [6, 6.07) is 0.630. The molecule has 2 aliphatic heterocycles. The SMILES string of the molecule is CN1CC(NC(=NCC2CCS(=O)(=O)C2)NC2CCCCC2)CCC1=O.I. The Hall–Kier alpha value is -0.580. The molecule has 27 heavy (non-hydrogen) atoms. The van der Waals surface area contributed by atoms with Crippen molar-refractivity contribution in [3.05, 3.63) is 0 Å². The van der Waals surface area contributed by atoms with Crippen LogP contribution >= 0.6 is 24.0 Å². The van der Waals surface area contributed by atoms with E-state index in [4.69, 9.17) is 4.99 Å². The van der Waals surface area contributed by atoms with E-state index in [-0.39, 0.29) is 47.6 Å². The summed E-state index contributed by atoms with van der Waals surface area (Å²) in [7, 11) is -1.03. The number of aliphatic imine (C=N–C) groups is 1. The highest BCUT2D eigenvalue weighted by molar-refractivity contribution is 14.0. The quantitative estimate of drug-likeness (QED) is 0.339. The van der Waals surface area contributed by atoms with E-state index >= 15 is 0 Å². The summed E-state index contributed by atoms with van der Waals surface area (Å²) in [5.74, 6) is 1.66. The minimum absolute atomic E-state index is 0. The summed E-state index contributed by atoms with van der Waals surface area (Å²) in [5.41, 5.74) is 0. The fourth-order valence-corrected chi connectivity index (χ4v) is 5.98. The van der Waals surface area contributed by atoms with Gasteiger partial charge in [0.1, 0.15) is 0 Å². The van der Waals surface area contributed by atoms with Crippen molar-refractivity contribution in [1.82, 2.24) is 15.5 Å². The predicted octanol–water partition coefficient (Wildman–Crippen LogP) is 1.53. The van der Waals surface area contributed by atoms with Gasteiger partial charge in [0.25, 0.3) is 0 Å². The Bertz CT molecular complexity index is 635. The minimum Gasteiger partial charge on any atom is -0.354 e. The monoisotopic (exact) mass is 512 g/mol. The first-order valence-corrected chi connectivity index (χ1v) is 11.8. The van der Waals surface area contributed by atoms with Crippen LogP contribution in [0.3, 0.4) is 0 Å². The van der Waals surface area contributed by atoms with Crippen LogP contribution < -0.4 is 10.6 Å². The van der Waals surface area contributed by atoms with Gasteiger partial charge in [-0.2, -0.15) is 0 Å². The molecule has 2 N–H and O–H groups in total. The number of nitrogens with zero attached hydrogens (tertiary/aromatic N) is 2. The largest absolute Gasteiger partial charge is 0.354 e. The Morgan fingerprint density at radius 1 is 1.11 bits per heavy atom. The molecule has 0 aromatic heterocycles. The van der Waals surface area contributed by atoms with Gasteiger partial charge in [-0.1, -0.05) is 19.3 Å². The van der Waals surface area contributed by atoms with Crippen molar-refractivity contribution in [2.45, 2.75) is 63.5 Å². The Kier molecular flexibility index (Phi) is 8.64. The summed E-state index contributed by atoms with van der Waals surface area (Å²) >= 11 is 0. The summed E-state index contributed by atoms with van der Waals surface area (Å²) in [4.78, 5) is 18.2. The molecule has 7 nitrogen and oxygen atoms in total. The van der Waals surface area contributed by atoms with Gasteiger partial charge in [0.05, 0.1) is 11.5 Å². The van der Waals surface area contributed by atoms with E-state index in [1.807, 2.05) is 7.05 Å². The lowest BCUT2D eigenvalue weighted by Gasteiger charge is -2.33. The van der Waals surface area contributed by atoms with Gasteiger partial charge in [0, 0.05) is 38.6 Å². The second kappa shape index (κ2) is 10.3. The number of hydrogen-bond donors (Lipinski definition) is 2. The van der Waals surface area contributed by atoms with Crippen LogP contribution in [0.15, 0.2) is 4.99 Å². The van der Waals surface area contributed by atoms with E-state index in [0.29, 0.717) is 37.7 Å². The Morgan fingerprint density at radius 2 is 1.81 bits per heavy atom. The lowest BCUT2D eigenvalue weighted by molar-refractivity contribution is -0.132. The number of hydrogen-bond acceptors (Lipinski definition) is 4. The normalized spacial score (nSPS) is 29.3. The van der Waals surface area contributed by atoms with Crippen molar-refractivity contribution in [3.63, 3.8) is 0 Å². The average Bonchev–Trinajstić information content (AvgIpc) is 2.96. The van der Waals surface area contributed by atoms with Crippen LogP contribution in [0.25, 0.3) is 0 Å². The first-order valence-electron chi connectivity index (χ1n) is 9.93. The fraction of sp³-hybridized carbons (Fsp3) is 0.889. The van der Waals surface area contributed by atoms with E-state index in [9.17, 15) is 13.2 Å². The molecule has 0 aromatic carbocycles. The van der Waals surface area contributed by atoms with Crippen molar-refractivity contribution >= 4 is 45.7 Å². The van der Waals surface area contributed by atoms with Gasteiger partial charge in [0.15, 0.2) is 15.8 Å². The second-order valence-electron chi connectivity index (χ2n) is 8.09. The molecule has 156 valence electrons. The van der Waals surface area contributed by atoms with Crippen LogP contribution in [-0.4, -0.2) is 68.9 Å². The van der Waals surface area contributed by atoms with Crippen LogP contribution in [-0.2, 0) is 14.6 Å². The molecule has 1 aliphatic carbocycles. The number of sulfone groups is 1. The molecular formula is C18H33IN4O3S. The third kappa shape index (κ3) is 7.07. The number of likely N-dealkylation sites (N-methyl/N-ethyl adjacent to an activating group) is 1. The number of amides is 1. The molecule has 9 heteroatoms. The molecule has 0 bridgehead atoms. The molecule has 2 atom stereocenters. The van der Waals surface area contributed by atoms with E-state index < -0.39 is 9.84 Å². The van der Waals surface area contributed by atoms with E-state index in [1.165, 1.54) is 19.3 Å². The lowest BCUT2D eigenvalue weighted by atomic mass is 9.95. The maximum absolute atomic E-state index is 11.7. The molecule has 0 radical (unpaired) electrons. The number of piperidine rings is 1. The van der Waals surface area contributed by atoms with Gasteiger partial charge < -0.3 is 15.5 Å². The Labute approximate surface area is 180 Å². The highest BCUT2D eigenvalue weighted by Gasteiger charge is 2.28. The second-order valence-corrected chi connectivity index (χ2v) is 10.3. The van der Waals surface area contributed by atoms with Crippen LogP contribution in [0.4, 0.5) is 0 Å². The molecule has 2 saturated heterocycles. The van der Waals surface area contributed by atoms with Crippen LogP contribution in [0.5, 0.6) is 0 Å². The fourth-order valence-electron chi connectivity index (χ4n) is 4.13. The minimum atomic E-state index is -2.87. The zero-order valence-electron chi connectivity index (χ0n) is 16.2. The number of likely N-dealkylation sites (tertiary alicyclic amines) is 1. The predicted molar refractivity (Wildman–Crippen MR) is 118 cm³/mol. The van der Waals surface area contributed by atoms with Crippen molar-refractivity contribution in [3.8, 4) is 0 Å². The topological polar surface area (TPSA) is 90.9 Å². The van der Waals surface area contributed by atoms with Gasteiger partial charge in [-0.15, -0.1) is 24.0 Å². The number of halogens is 1.